The lowest BCUT2D eigenvalue weighted by atomic mass is 9.81. The van der Waals surface area contributed by atoms with Gasteiger partial charge in [-0.05, 0) is 49.8 Å². The number of hydrogen-bond donors (Lipinski definition) is 2. The molecule has 3 heteroatoms. The summed E-state index contributed by atoms with van der Waals surface area (Å²) < 4.78 is 0. The summed E-state index contributed by atoms with van der Waals surface area (Å²) in [5.74, 6) is 1.31. The second kappa shape index (κ2) is 6.01. The van der Waals surface area contributed by atoms with Gasteiger partial charge >= 0.3 is 0 Å². The summed E-state index contributed by atoms with van der Waals surface area (Å²) in [5, 5.41) is 3.63. The van der Waals surface area contributed by atoms with Gasteiger partial charge in [0.05, 0.1) is 0 Å². The zero-order valence-corrected chi connectivity index (χ0v) is 10.7. The number of nitrogen functional groups attached to an aromatic ring is 1. The van der Waals surface area contributed by atoms with Crippen LogP contribution in [0.15, 0.2) is 18.3 Å². The molecule has 0 aliphatic heterocycles. The van der Waals surface area contributed by atoms with Gasteiger partial charge in [0.25, 0.3) is 0 Å². The van der Waals surface area contributed by atoms with Crippen LogP contribution in [-0.4, -0.2) is 17.6 Å². The SMILES string of the molecule is CCCNC1CCCC(c2cccnc2N)C1. The van der Waals surface area contributed by atoms with Crippen LogP contribution < -0.4 is 11.1 Å². The molecule has 0 saturated heterocycles. The molecule has 0 spiro atoms. The van der Waals surface area contributed by atoms with Crippen LogP contribution in [-0.2, 0) is 0 Å². The lowest BCUT2D eigenvalue weighted by Crippen LogP contribution is -2.34. The predicted octanol–water partition coefficient (Wildman–Crippen LogP) is 2.69. The van der Waals surface area contributed by atoms with Crippen LogP contribution in [0.3, 0.4) is 0 Å². The first kappa shape index (κ1) is 12.4. The first-order chi connectivity index (χ1) is 8.31. The van der Waals surface area contributed by atoms with Gasteiger partial charge in [-0.15, -0.1) is 0 Å². The van der Waals surface area contributed by atoms with Crippen molar-refractivity contribution in [1.29, 1.82) is 0 Å². The molecule has 17 heavy (non-hydrogen) atoms. The number of nitrogens with two attached hydrogens (primary N) is 1. The van der Waals surface area contributed by atoms with E-state index in [0.29, 0.717) is 17.8 Å². The summed E-state index contributed by atoms with van der Waals surface area (Å²) in [6.07, 6.45) is 8.03. The number of nitrogens with zero attached hydrogens (tertiary/aromatic N) is 1. The highest BCUT2D eigenvalue weighted by Crippen LogP contribution is 2.34. The molecule has 2 unspecified atom stereocenters. The van der Waals surface area contributed by atoms with E-state index in [1.807, 2.05) is 6.07 Å². The van der Waals surface area contributed by atoms with Gasteiger partial charge in [0.1, 0.15) is 5.82 Å². The Morgan fingerprint density at radius 3 is 3.12 bits per heavy atom. The Bertz CT molecular complexity index is 351. The van der Waals surface area contributed by atoms with Crippen molar-refractivity contribution in [3.63, 3.8) is 0 Å². The Hall–Kier alpha value is -1.09. The van der Waals surface area contributed by atoms with Gasteiger partial charge in [0.15, 0.2) is 0 Å². The molecule has 2 atom stereocenters. The smallest absolute Gasteiger partial charge is 0.126 e. The fraction of sp³-hybridized carbons (Fsp3) is 0.643. The van der Waals surface area contributed by atoms with Gasteiger partial charge in [0.2, 0.25) is 0 Å². The highest BCUT2D eigenvalue weighted by molar-refractivity contribution is 5.41. The largest absolute Gasteiger partial charge is 0.383 e. The van der Waals surface area contributed by atoms with E-state index >= 15 is 0 Å². The Labute approximate surface area is 104 Å². The van der Waals surface area contributed by atoms with Crippen molar-refractivity contribution in [2.45, 2.75) is 51.0 Å². The van der Waals surface area contributed by atoms with E-state index in [4.69, 9.17) is 5.73 Å². The molecule has 1 aliphatic rings. The number of rotatable bonds is 4. The van der Waals surface area contributed by atoms with Crippen molar-refractivity contribution in [2.24, 2.45) is 0 Å². The van der Waals surface area contributed by atoms with Crippen LogP contribution in [0.4, 0.5) is 5.82 Å². The molecular weight excluding hydrogens is 210 g/mol. The van der Waals surface area contributed by atoms with E-state index in [2.05, 4.69) is 23.3 Å². The third-order valence-corrected chi connectivity index (χ3v) is 3.67. The van der Waals surface area contributed by atoms with E-state index in [-0.39, 0.29) is 0 Å². The van der Waals surface area contributed by atoms with Crippen molar-refractivity contribution in [3.8, 4) is 0 Å². The molecule has 3 N–H and O–H groups in total. The van der Waals surface area contributed by atoms with Crippen molar-refractivity contribution < 1.29 is 0 Å². The van der Waals surface area contributed by atoms with Crippen LogP contribution in [0.2, 0.25) is 0 Å². The topological polar surface area (TPSA) is 50.9 Å². The van der Waals surface area contributed by atoms with Crippen LogP contribution in [0.25, 0.3) is 0 Å². The number of aromatic nitrogens is 1. The van der Waals surface area contributed by atoms with E-state index in [0.717, 1.165) is 6.54 Å². The molecule has 1 aliphatic carbocycles. The van der Waals surface area contributed by atoms with Crippen molar-refractivity contribution in [3.05, 3.63) is 23.9 Å². The quantitative estimate of drug-likeness (QED) is 0.840. The summed E-state index contributed by atoms with van der Waals surface area (Å²) in [5.41, 5.74) is 7.21. The van der Waals surface area contributed by atoms with Gasteiger partial charge in [-0.25, -0.2) is 4.98 Å². The third-order valence-electron chi connectivity index (χ3n) is 3.67. The van der Waals surface area contributed by atoms with Crippen LogP contribution in [0, 0.1) is 0 Å². The summed E-state index contributed by atoms with van der Waals surface area (Å²) in [7, 11) is 0. The first-order valence-electron chi connectivity index (χ1n) is 6.75. The van der Waals surface area contributed by atoms with Crippen LogP contribution in [0.1, 0.15) is 50.5 Å². The molecule has 1 fully saturated rings. The minimum absolute atomic E-state index is 0.590. The summed E-state index contributed by atoms with van der Waals surface area (Å²) in [6, 6.07) is 4.79. The van der Waals surface area contributed by atoms with E-state index in [1.165, 1.54) is 37.7 Å². The van der Waals surface area contributed by atoms with Crippen LogP contribution in [0.5, 0.6) is 0 Å². The van der Waals surface area contributed by atoms with E-state index < -0.39 is 0 Å². The first-order valence-corrected chi connectivity index (χ1v) is 6.75. The molecule has 1 aromatic heterocycles. The standard InChI is InChI=1S/C14H23N3/c1-2-8-16-12-6-3-5-11(10-12)13-7-4-9-17-14(13)15/h4,7,9,11-12,16H,2-3,5-6,8,10H2,1H3,(H2,15,17). The molecule has 0 radical (unpaired) electrons. The lowest BCUT2D eigenvalue weighted by molar-refractivity contribution is 0.340. The van der Waals surface area contributed by atoms with Gasteiger partial charge in [0, 0.05) is 12.2 Å². The highest BCUT2D eigenvalue weighted by atomic mass is 14.9. The number of pyridine rings is 1. The molecule has 0 amide bonds. The van der Waals surface area contributed by atoms with E-state index in [9.17, 15) is 0 Å². The Morgan fingerprint density at radius 1 is 1.47 bits per heavy atom. The zero-order chi connectivity index (χ0) is 12.1. The van der Waals surface area contributed by atoms with Crippen LogP contribution >= 0.6 is 0 Å². The third kappa shape index (κ3) is 3.19. The molecule has 1 saturated carbocycles. The van der Waals surface area contributed by atoms with Gasteiger partial charge in [-0.2, -0.15) is 0 Å². The molecule has 0 aromatic carbocycles. The van der Waals surface area contributed by atoms with Crippen molar-refractivity contribution in [1.82, 2.24) is 10.3 Å². The van der Waals surface area contributed by atoms with Crippen molar-refractivity contribution in [2.75, 3.05) is 12.3 Å². The molecule has 1 aromatic rings. The Morgan fingerprint density at radius 2 is 2.35 bits per heavy atom. The highest BCUT2D eigenvalue weighted by Gasteiger charge is 2.24. The van der Waals surface area contributed by atoms with Gasteiger partial charge < -0.3 is 11.1 Å². The number of nitrogens with one attached hydrogen (secondary N) is 1. The average molecular weight is 233 g/mol. The normalized spacial score (nSPS) is 24.8. The Kier molecular flexibility index (Phi) is 4.37. The molecule has 94 valence electrons. The lowest BCUT2D eigenvalue weighted by Gasteiger charge is -2.30. The fourth-order valence-corrected chi connectivity index (χ4v) is 2.78. The van der Waals surface area contributed by atoms with Gasteiger partial charge in [-0.1, -0.05) is 19.4 Å². The molecule has 1 heterocycles. The maximum atomic E-state index is 5.97. The maximum absolute atomic E-state index is 5.97. The summed E-state index contributed by atoms with van der Waals surface area (Å²) >= 11 is 0. The zero-order valence-electron chi connectivity index (χ0n) is 10.7. The second-order valence-corrected chi connectivity index (χ2v) is 4.99. The maximum Gasteiger partial charge on any atom is 0.126 e. The molecule has 0 bridgehead atoms. The van der Waals surface area contributed by atoms with E-state index in [1.54, 1.807) is 6.20 Å². The number of hydrogen-bond acceptors (Lipinski definition) is 3. The minimum atomic E-state index is 0.590. The predicted molar refractivity (Wildman–Crippen MR) is 71.9 cm³/mol. The number of anilines is 1. The summed E-state index contributed by atoms with van der Waals surface area (Å²) in [6.45, 7) is 3.34. The summed E-state index contributed by atoms with van der Waals surface area (Å²) in [4.78, 5) is 4.20. The molecular formula is C14H23N3. The van der Waals surface area contributed by atoms with Crippen molar-refractivity contribution >= 4 is 5.82 Å². The second-order valence-electron chi connectivity index (χ2n) is 4.99. The molecule has 3 nitrogen and oxygen atoms in total. The fourth-order valence-electron chi connectivity index (χ4n) is 2.78. The average Bonchev–Trinajstić information content (AvgIpc) is 2.37. The minimum Gasteiger partial charge on any atom is -0.383 e. The van der Waals surface area contributed by atoms with Gasteiger partial charge in [-0.3, -0.25) is 0 Å². The monoisotopic (exact) mass is 233 g/mol. The Balaban J connectivity index is 1.99. The molecule has 2 rings (SSSR count).